The maximum atomic E-state index is 12.3. The highest BCUT2D eigenvalue weighted by atomic mass is 16.2. The summed E-state index contributed by atoms with van der Waals surface area (Å²) in [6, 6.07) is 16.7. The maximum Gasteiger partial charge on any atom is 0.220 e. The van der Waals surface area contributed by atoms with Crippen LogP contribution in [0.5, 0.6) is 0 Å². The fraction of sp³-hybridized carbons (Fsp3) is 0.364. The molecule has 4 heteroatoms. The molecule has 0 radical (unpaired) electrons. The third-order valence-corrected chi connectivity index (χ3v) is 5.52. The van der Waals surface area contributed by atoms with Crippen molar-refractivity contribution in [2.45, 2.75) is 50.6 Å². The molecule has 134 valence electrons. The van der Waals surface area contributed by atoms with E-state index in [9.17, 15) is 9.59 Å². The third kappa shape index (κ3) is 3.50. The van der Waals surface area contributed by atoms with Crippen LogP contribution in [0.15, 0.2) is 48.5 Å². The van der Waals surface area contributed by atoms with E-state index < -0.39 is 0 Å². The number of benzene rings is 2. The van der Waals surface area contributed by atoms with E-state index >= 15 is 0 Å². The summed E-state index contributed by atoms with van der Waals surface area (Å²) in [4.78, 5) is 24.5. The van der Waals surface area contributed by atoms with Crippen LogP contribution in [0, 0.1) is 0 Å². The summed E-state index contributed by atoms with van der Waals surface area (Å²) in [5.74, 6) is -0.0950. The predicted octanol–water partition coefficient (Wildman–Crippen LogP) is 3.37. The smallest absolute Gasteiger partial charge is 0.220 e. The lowest BCUT2D eigenvalue weighted by Gasteiger charge is -2.16. The quantitative estimate of drug-likeness (QED) is 0.870. The summed E-state index contributed by atoms with van der Waals surface area (Å²) >= 11 is 0. The van der Waals surface area contributed by atoms with Crippen molar-refractivity contribution in [3.8, 4) is 0 Å². The Bertz CT molecular complexity index is 761. The third-order valence-electron chi connectivity index (χ3n) is 5.52. The van der Waals surface area contributed by atoms with Gasteiger partial charge in [-0.2, -0.15) is 0 Å². The van der Waals surface area contributed by atoms with Crippen LogP contribution in [-0.2, 0) is 22.4 Å². The Kier molecular flexibility index (Phi) is 4.74. The van der Waals surface area contributed by atoms with Gasteiger partial charge in [0, 0.05) is 12.8 Å². The van der Waals surface area contributed by atoms with Crippen LogP contribution in [0.25, 0.3) is 0 Å². The molecule has 2 unspecified atom stereocenters. The zero-order valence-electron chi connectivity index (χ0n) is 14.8. The van der Waals surface area contributed by atoms with Crippen LogP contribution in [0.1, 0.15) is 60.0 Å². The van der Waals surface area contributed by atoms with E-state index in [1.807, 2.05) is 24.3 Å². The molecule has 2 amide bonds. The summed E-state index contributed by atoms with van der Waals surface area (Å²) < 4.78 is 0. The molecule has 0 heterocycles. The summed E-state index contributed by atoms with van der Waals surface area (Å²) in [6.07, 6.45) is 4.36. The largest absolute Gasteiger partial charge is 0.349 e. The Hall–Kier alpha value is -2.62. The minimum Gasteiger partial charge on any atom is -0.349 e. The van der Waals surface area contributed by atoms with Gasteiger partial charge in [-0.15, -0.1) is 0 Å². The number of rotatable bonds is 5. The first kappa shape index (κ1) is 16.8. The highest BCUT2D eigenvalue weighted by Crippen LogP contribution is 2.31. The molecule has 0 aliphatic heterocycles. The predicted molar refractivity (Wildman–Crippen MR) is 101 cm³/mol. The average Bonchev–Trinajstić information content (AvgIpc) is 3.25. The van der Waals surface area contributed by atoms with E-state index in [0.717, 1.165) is 25.7 Å². The molecular formula is C22H24N2O2. The summed E-state index contributed by atoms with van der Waals surface area (Å²) in [5, 5.41) is 6.16. The van der Waals surface area contributed by atoms with Gasteiger partial charge in [-0.25, -0.2) is 0 Å². The highest BCUT2D eigenvalue weighted by molar-refractivity contribution is 5.84. The average molecular weight is 348 g/mol. The Morgan fingerprint density at radius 3 is 1.62 bits per heavy atom. The highest BCUT2D eigenvalue weighted by Gasteiger charge is 2.25. The van der Waals surface area contributed by atoms with Crippen LogP contribution in [0.3, 0.4) is 0 Å². The Balaban J connectivity index is 1.26. The second-order valence-electron chi connectivity index (χ2n) is 7.22. The van der Waals surface area contributed by atoms with Gasteiger partial charge in [0.05, 0.1) is 12.1 Å². The van der Waals surface area contributed by atoms with E-state index in [0.29, 0.717) is 0 Å². The first-order valence-corrected chi connectivity index (χ1v) is 9.45. The van der Waals surface area contributed by atoms with Crippen molar-refractivity contribution in [2.24, 2.45) is 0 Å². The maximum absolute atomic E-state index is 12.3. The van der Waals surface area contributed by atoms with Gasteiger partial charge in [0.1, 0.15) is 0 Å². The van der Waals surface area contributed by atoms with Gasteiger partial charge in [-0.3, -0.25) is 9.59 Å². The number of fused-ring (bicyclic) bond motifs is 2. The summed E-state index contributed by atoms with van der Waals surface area (Å²) in [5.41, 5.74) is 5.06. The minimum atomic E-state index is -0.0475. The van der Waals surface area contributed by atoms with Crippen molar-refractivity contribution in [3.05, 3.63) is 70.8 Å². The monoisotopic (exact) mass is 348 g/mol. The molecule has 26 heavy (non-hydrogen) atoms. The number of carbonyl (C=O) groups is 2. The fourth-order valence-corrected chi connectivity index (χ4v) is 4.17. The number of carbonyl (C=O) groups excluding carboxylic acids is 2. The molecule has 4 rings (SSSR count). The van der Waals surface area contributed by atoms with E-state index in [1.165, 1.54) is 22.3 Å². The van der Waals surface area contributed by atoms with E-state index in [2.05, 4.69) is 34.9 Å². The lowest BCUT2D eigenvalue weighted by molar-refractivity contribution is -0.127. The molecule has 2 atom stereocenters. The number of nitrogens with one attached hydrogen (secondary N) is 2. The fourth-order valence-electron chi connectivity index (χ4n) is 4.17. The molecule has 0 spiro atoms. The molecule has 0 bridgehead atoms. The molecule has 2 aliphatic rings. The lowest BCUT2D eigenvalue weighted by atomic mass is 10.1. The normalized spacial score (nSPS) is 20.3. The van der Waals surface area contributed by atoms with Gasteiger partial charge in [0.25, 0.3) is 0 Å². The molecule has 2 aromatic carbocycles. The molecule has 2 N–H and O–H groups in total. The molecule has 4 nitrogen and oxygen atoms in total. The van der Waals surface area contributed by atoms with Crippen LogP contribution in [0.2, 0.25) is 0 Å². The lowest BCUT2D eigenvalue weighted by Crippen LogP contribution is -2.31. The van der Waals surface area contributed by atoms with Gasteiger partial charge in [-0.05, 0) is 47.9 Å². The number of hydrogen-bond acceptors (Lipinski definition) is 2. The van der Waals surface area contributed by atoms with E-state index in [4.69, 9.17) is 0 Å². The molecule has 0 fully saturated rings. The number of aryl methyl sites for hydroxylation is 2. The Morgan fingerprint density at radius 2 is 1.15 bits per heavy atom. The number of amides is 2. The van der Waals surface area contributed by atoms with Crippen molar-refractivity contribution < 1.29 is 9.59 Å². The second-order valence-corrected chi connectivity index (χ2v) is 7.22. The first-order chi connectivity index (χ1) is 12.7. The Morgan fingerprint density at radius 1 is 0.731 bits per heavy atom. The van der Waals surface area contributed by atoms with Crippen molar-refractivity contribution in [2.75, 3.05) is 0 Å². The van der Waals surface area contributed by atoms with Gasteiger partial charge >= 0.3 is 0 Å². The van der Waals surface area contributed by atoms with Crippen molar-refractivity contribution >= 4 is 11.8 Å². The first-order valence-electron chi connectivity index (χ1n) is 9.45. The van der Waals surface area contributed by atoms with Gasteiger partial charge in [0.2, 0.25) is 11.8 Å². The van der Waals surface area contributed by atoms with Crippen LogP contribution < -0.4 is 10.6 Å². The van der Waals surface area contributed by atoms with Crippen LogP contribution >= 0.6 is 0 Å². The van der Waals surface area contributed by atoms with Gasteiger partial charge in [0.15, 0.2) is 0 Å². The zero-order valence-corrected chi connectivity index (χ0v) is 14.8. The van der Waals surface area contributed by atoms with Gasteiger partial charge < -0.3 is 10.6 Å². The van der Waals surface area contributed by atoms with Crippen LogP contribution in [-0.4, -0.2) is 11.8 Å². The van der Waals surface area contributed by atoms with Gasteiger partial charge in [-0.1, -0.05) is 48.5 Å². The standard InChI is InChI=1S/C22H24N2O2/c25-21(23-19-11-9-15-5-1-3-7-17(15)19)13-14-22(26)24-20-12-10-16-6-2-4-8-18(16)20/h1-8,19-20H,9-14H2,(H,23,25)(H,24,26). The molecular weight excluding hydrogens is 324 g/mol. The SMILES string of the molecule is O=C(CCC(=O)NC1CCc2ccccc21)NC1CCc2ccccc21. The molecule has 0 saturated carbocycles. The van der Waals surface area contributed by atoms with E-state index in [1.54, 1.807) is 0 Å². The summed E-state index contributed by atoms with van der Waals surface area (Å²) in [6.45, 7) is 0. The minimum absolute atomic E-state index is 0.0475. The van der Waals surface area contributed by atoms with Crippen molar-refractivity contribution in [1.29, 1.82) is 0 Å². The number of hydrogen-bond donors (Lipinski definition) is 2. The second kappa shape index (κ2) is 7.32. The molecule has 2 aromatic rings. The van der Waals surface area contributed by atoms with Crippen LogP contribution in [0.4, 0.5) is 0 Å². The topological polar surface area (TPSA) is 58.2 Å². The molecule has 0 saturated heterocycles. The van der Waals surface area contributed by atoms with Crippen molar-refractivity contribution in [1.82, 2.24) is 10.6 Å². The van der Waals surface area contributed by atoms with Crippen molar-refractivity contribution in [3.63, 3.8) is 0 Å². The Labute approximate surface area is 154 Å². The molecule has 2 aliphatic carbocycles. The zero-order chi connectivity index (χ0) is 17.9. The summed E-state index contributed by atoms with van der Waals surface area (Å²) in [7, 11) is 0. The van der Waals surface area contributed by atoms with E-state index in [-0.39, 0.29) is 36.7 Å². The molecule has 0 aromatic heterocycles.